The number of hydrogen-bond acceptors (Lipinski definition) is 4. The van der Waals surface area contributed by atoms with Crippen LogP contribution in [0.2, 0.25) is 0 Å². The van der Waals surface area contributed by atoms with Gasteiger partial charge in [-0.1, -0.05) is 30.3 Å². The van der Waals surface area contributed by atoms with E-state index in [2.05, 4.69) is 27.6 Å². The molecule has 2 heterocycles. The van der Waals surface area contributed by atoms with E-state index in [9.17, 15) is 0 Å². The first-order valence-corrected chi connectivity index (χ1v) is 5.53. The quantitative estimate of drug-likeness (QED) is 0.835. The van der Waals surface area contributed by atoms with Crippen molar-refractivity contribution in [2.24, 2.45) is 0 Å². The summed E-state index contributed by atoms with van der Waals surface area (Å²) in [5.74, 6) is 1.46. The first-order valence-electron chi connectivity index (χ1n) is 5.53. The minimum absolute atomic E-state index is 0.130. The van der Waals surface area contributed by atoms with E-state index < -0.39 is 0 Å². The SMILES string of the molecule is CCc1noc(C2Cc3ccccc3N2)n1. The summed E-state index contributed by atoms with van der Waals surface area (Å²) in [5, 5.41) is 7.31. The predicted molar refractivity (Wildman–Crippen MR) is 60.2 cm³/mol. The number of para-hydroxylation sites is 1. The van der Waals surface area contributed by atoms with Crippen molar-refractivity contribution in [3.8, 4) is 0 Å². The first kappa shape index (κ1) is 9.39. The van der Waals surface area contributed by atoms with Gasteiger partial charge in [0.1, 0.15) is 6.04 Å². The third-order valence-corrected chi connectivity index (χ3v) is 2.87. The topological polar surface area (TPSA) is 51.0 Å². The Kier molecular flexibility index (Phi) is 2.13. The Labute approximate surface area is 93.7 Å². The summed E-state index contributed by atoms with van der Waals surface area (Å²) < 4.78 is 5.25. The normalized spacial score (nSPS) is 18.2. The van der Waals surface area contributed by atoms with E-state index in [0.29, 0.717) is 5.89 Å². The van der Waals surface area contributed by atoms with Gasteiger partial charge in [-0.15, -0.1) is 0 Å². The summed E-state index contributed by atoms with van der Waals surface area (Å²) in [4.78, 5) is 4.35. The van der Waals surface area contributed by atoms with Gasteiger partial charge < -0.3 is 9.84 Å². The third kappa shape index (κ3) is 1.46. The van der Waals surface area contributed by atoms with Crippen molar-refractivity contribution >= 4 is 5.69 Å². The molecule has 1 atom stereocenters. The van der Waals surface area contributed by atoms with Gasteiger partial charge in [-0.2, -0.15) is 4.98 Å². The number of rotatable bonds is 2. The van der Waals surface area contributed by atoms with Crippen LogP contribution < -0.4 is 5.32 Å². The molecule has 1 aliphatic rings. The molecule has 0 spiro atoms. The van der Waals surface area contributed by atoms with Gasteiger partial charge in [0.15, 0.2) is 5.82 Å². The van der Waals surface area contributed by atoms with Crippen molar-refractivity contribution in [1.82, 2.24) is 10.1 Å². The maximum absolute atomic E-state index is 5.25. The number of benzene rings is 1. The Morgan fingerprint density at radius 2 is 2.31 bits per heavy atom. The fourth-order valence-electron chi connectivity index (χ4n) is 2.00. The number of aryl methyl sites for hydroxylation is 1. The van der Waals surface area contributed by atoms with Gasteiger partial charge in [0.2, 0.25) is 5.89 Å². The van der Waals surface area contributed by atoms with Crippen molar-refractivity contribution < 1.29 is 4.52 Å². The Bertz CT molecular complexity index is 481. The Balaban J connectivity index is 1.85. The van der Waals surface area contributed by atoms with E-state index in [1.165, 1.54) is 11.3 Å². The van der Waals surface area contributed by atoms with Crippen molar-refractivity contribution in [3.63, 3.8) is 0 Å². The van der Waals surface area contributed by atoms with Gasteiger partial charge >= 0.3 is 0 Å². The summed E-state index contributed by atoms with van der Waals surface area (Å²) in [5.41, 5.74) is 2.48. The van der Waals surface area contributed by atoms with Crippen LogP contribution in [0, 0.1) is 0 Å². The predicted octanol–water partition coefficient (Wildman–Crippen LogP) is 2.34. The highest BCUT2D eigenvalue weighted by Crippen LogP contribution is 2.32. The lowest BCUT2D eigenvalue weighted by atomic mass is 10.1. The van der Waals surface area contributed by atoms with Gasteiger partial charge in [0.05, 0.1) is 0 Å². The van der Waals surface area contributed by atoms with Crippen molar-refractivity contribution in [1.29, 1.82) is 0 Å². The molecule has 1 aliphatic heterocycles. The molecular formula is C12H13N3O. The molecule has 0 bridgehead atoms. The van der Waals surface area contributed by atoms with Crippen LogP contribution in [0.15, 0.2) is 28.8 Å². The van der Waals surface area contributed by atoms with Gasteiger partial charge in [0, 0.05) is 18.5 Å². The van der Waals surface area contributed by atoms with Crippen LogP contribution in [-0.4, -0.2) is 10.1 Å². The average molecular weight is 215 g/mol. The van der Waals surface area contributed by atoms with E-state index in [1.807, 2.05) is 19.1 Å². The molecule has 0 fully saturated rings. The molecule has 1 N–H and O–H groups in total. The summed E-state index contributed by atoms with van der Waals surface area (Å²) in [7, 11) is 0. The van der Waals surface area contributed by atoms with E-state index in [4.69, 9.17) is 4.52 Å². The molecule has 1 unspecified atom stereocenters. The van der Waals surface area contributed by atoms with Gasteiger partial charge in [0.25, 0.3) is 0 Å². The second-order valence-electron chi connectivity index (χ2n) is 3.96. The largest absolute Gasteiger partial charge is 0.373 e. The zero-order valence-electron chi connectivity index (χ0n) is 9.10. The summed E-state index contributed by atoms with van der Waals surface area (Å²) >= 11 is 0. The zero-order valence-corrected chi connectivity index (χ0v) is 9.10. The standard InChI is InChI=1S/C12H13N3O/c1-2-11-14-12(16-15-11)10-7-8-5-3-4-6-9(8)13-10/h3-6,10,13H,2,7H2,1H3. The zero-order chi connectivity index (χ0) is 11.0. The molecule has 0 radical (unpaired) electrons. The molecule has 16 heavy (non-hydrogen) atoms. The van der Waals surface area contributed by atoms with Crippen LogP contribution in [0.4, 0.5) is 5.69 Å². The molecule has 82 valence electrons. The fraction of sp³-hybridized carbons (Fsp3) is 0.333. The number of nitrogens with zero attached hydrogens (tertiary/aromatic N) is 2. The summed E-state index contributed by atoms with van der Waals surface area (Å²) in [6.07, 6.45) is 1.73. The second-order valence-corrected chi connectivity index (χ2v) is 3.96. The van der Waals surface area contributed by atoms with Crippen LogP contribution in [0.1, 0.15) is 30.2 Å². The summed E-state index contributed by atoms with van der Waals surface area (Å²) in [6.45, 7) is 2.02. The minimum atomic E-state index is 0.130. The molecule has 0 saturated carbocycles. The number of nitrogens with one attached hydrogen (secondary N) is 1. The molecule has 0 saturated heterocycles. The highest BCUT2D eigenvalue weighted by molar-refractivity contribution is 5.56. The van der Waals surface area contributed by atoms with Gasteiger partial charge in [-0.3, -0.25) is 0 Å². The molecular weight excluding hydrogens is 202 g/mol. The Morgan fingerprint density at radius 1 is 1.44 bits per heavy atom. The van der Waals surface area contributed by atoms with Crippen molar-refractivity contribution in [2.45, 2.75) is 25.8 Å². The van der Waals surface area contributed by atoms with Crippen LogP contribution in [-0.2, 0) is 12.8 Å². The molecule has 0 aliphatic carbocycles. The number of hydrogen-bond donors (Lipinski definition) is 1. The minimum Gasteiger partial charge on any atom is -0.373 e. The maximum Gasteiger partial charge on any atom is 0.249 e. The van der Waals surface area contributed by atoms with E-state index >= 15 is 0 Å². The van der Waals surface area contributed by atoms with Crippen molar-refractivity contribution in [2.75, 3.05) is 5.32 Å². The molecule has 4 heteroatoms. The highest BCUT2D eigenvalue weighted by atomic mass is 16.5. The van der Waals surface area contributed by atoms with Crippen LogP contribution >= 0.6 is 0 Å². The van der Waals surface area contributed by atoms with Crippen molar-refractivity contribution in [3.05, 3.63) is 41.5 Å². The lowest BCUT2D eigenvalue weighted by Gasteiger charge is -2.04. The molecule has 0 amide bonds. The Morgan fingerprint density at radius 3 is 3.06 bits per heavy atom. The monoisotopic (exact) mass is 215 g/mol. The molecule has 1 aromatic heterocycles. The smallest absolute Gasteiger partial charge is 0.249 e. The van der Waals surface area contributed by atoms with Gasteiger partial charge in [-0.25, -0.2) is 0 Å². The number of anilines is 1. The Hall–Kier alpha value is -1.84. The van der Waals surface area contributed by atoms with Crippen LogP contribution in [0.25, 0.3) is 0 Å². The maximum atomic E-state index is 5.25. The summed E-state index contributed by atoms with van der Waals surface area (Å²) in [6, 6.07) is 8.41. The van der Waals surface area contributed by atoms with E-state index in [-0.39, 0.29) is 6.04 Å². The van der Waals surface area contributed by atoms with Gasteiger partial charge in [-0.05, 0) is 11.6 Å². The van der Waals surface area contributed by atoms with Crippen LogP contribution in [0.5, 0.6) is 0 Å². The molecule has 1 aromatic carbocycles. The molecule has 2 aromatic rings. The van der Waals surface area contributed by atoms with Crippen LogP contribution in [0.3, 0.4) is 0 Å². The number of aromatic nitrogens is 2. The van der Waals surface area contributed by atoms with E-state index in [1.54, 1.807) is 0 Å². The first-order chi connectivity index (χ1) is 7.86. The number of fused-ring (bicyclic) bond motifs is 1. The third-order valence-electron chi connectivity index (χ3n) is 2.87. The molecule has 4 nitrogen and oxygen atoms in total. The fourth-order valence-corrected chi connectivity index (χ4v) is 2.00. The van der Waals surface area contributed by atoms with E-state index in [0.717, 1.165) is 18.7 Å². The second kappa shape index (κ2) is 3.63. The lowest BCUT2D eigenvalue weighted by molar-refractivity contribution is 0.359. The average Bonchev–Trinajstić information content (AvgIpc) is 2.95. The highest BCUT2D eigenvalue weighted by Gasteiger charge is 2.26. The lowest BCUT2D eigenvalue weighted by Crippen LogP contribution is -2.06. The molecule has 3 rings (SSSR count).